The second-order valence-corrected chi connectivity index (χ2v) is 5.08. The van der Waals surface area contributed by atoms with Crippen molar-refractivity contribution in [3.8, 4) is 0 Å². The van der Waals surface area contributed by atoms with Gasteiger partial charge >= 0.3 is 5.97 Å². The maximum absolute atomic E-state index is 11.0. The van der Waals surface area contributed by atoms with Crippen LogP contribution >= 0.6 is 0 Å². The highest BCUT2D eigenvalue weighted by Crippen LogP contribution is 2.25. The van der Waals surface area contributed by atoms with Crippen LogP contribution in [0.2, 0.25) is 0 Å². The molecule has 1 aliphatic carbocycles. The summed E-state index contributed by atoms with van der Waals surface area (Å²) in [6.45, 7) is 4.53. The van der Waals surface area contributed by atoms with Crippen LogP contribution in [0.1, 0.15) is 42.7 Å². The molecule has 18 heavy (non-hydrogen) atoms. The quantitative estimate of drug-likeness (QED) is 0.857. The molecule has 0 aromatic carbocycles. The predicted molar refractivity (Wildman–Crippen MR) is 66.2 cm³/mol. The number of carboxylic acid groups (broad SMARTS) is 1. The smallest absolute Gasteiger partial charge is 0.306 e. The van der Waals surface area contributed by atoms with Crippen LogP contribution in [0.15, 0.2) is 4.52 Å². The average molecular weight is 252 g/mol. The van der Waals surface area contributed by atoms with E-state index in [1.54, 1.807) is 0 Å². The Balaban J connectivity index is 1.89. The minimum absolute atomic E-state index is 0.194. The third-order valence-corrected chi connectivity index (χ3v) is 3.77. The Labute approximate surface area is 107 Å². The van der Waals surface area contributed by atoms with Crippen LogP contribution < -0.4 is 5.32 Å². The van der Waals surface area contributed by atoms with E-state index in [4.69, 9.17) is 9.63 Å². The first-order valence-corrected chi connectivity index (χ1v) is 6.46. The number of rotatable bonds is 4. The molecule has 5 heteroatoms. The van der Waals surface area contributed by atoms with Gasteiger partial charge in [-0.15, -0.1) is 0 Å². The van der Waals surface area contributed by atoms with Crippen molar-refractivity contribution in [2.45, 2.75) is 52.1 Å². The molecule has 0 radical (unpaired) electrons. The molecule has 5 nitrogen and oxygen atoms in total. The van der Waals surface area contributed by atoms with Gasteiger partial charge in [0.2, 0.25) is 0 Å². The average Bonchev–Trinajstić information content (AvgIpc) is 2.67. The summed E-state index contributed by atoms with van der Waals surface area (Å²) < 4.78 is 5.11. The van der Waals surface area contributed by atoms with Crippen LogP contribution in [0.4, 0.5) is 0 Å². The van der Waals surface area contributed by atoms with Gasteiger partial charge in [0.1, 0.15) is 5.76 Å². The van der Waals surface area contributed by atoms with Gasteiger partial charge < -0.3 is 14.9 Å². The van der Waals surface area contributed by atoms with Gasteiger partial charge in [0, 0.05) is 18.2 Å². The van der Waals surface area contributed by atoms with Crippen LogP contribution in [-0.2, 0) is 11.3 Å². The Hall–Kier alpha value is -1.36. The number of nitrogens with one attached hydrogen (secondary N) is 1. The van der Waals surface area contributed by atoms with Crippen molar-refractivity contribution in [1.29, 1.82) is 0 Å². The molecular weight excluding hydrogens is 232 g/mol. The van der Waals surface area contributed by atoms with Crippen LogP contribution in [0.25, 0.3) is 0 Å². The fourth-order valence-corrected chi connectivity index (χ4v) is 2.60. The predicted octanol–water partition coefficient (Wildman–Crippen LogP) is 2.02. The van der Waals surface area contributed by atoms with Crippen LogP contribution in [0.3, 0.4) is 0 Å². The third kappa shape index (κ3) is 2.90. The summed E-state index contributed by atoms with van der Waals surface area (Å²) in [6, 6.07) is 0.286. The number of carboxylic acids is 1. The Kier molecular flexibility index (Phi) is 4.01. The topological polar surface area (TPSA) is 75.4 Å². The van der Waals surface area contributed by atoms with Crippen molar-refractivity contribution < 1.29 is 14.4 Å². The zero-order chi connectivity index (χ0) is 13.1. The summed E-state index contributed by atoms with van der Waals surface area (Å²) in [5.41, 5.74) is 2.00. The molecule has 1 fully saturated rings. The van der Waals surface area contributed by atoms with Gasteiger partial charge in [-0.25, -0.2) is 0 Å². The van der Waals surface area contributed by atoms with Gasteiger partial charge in [0.25, 0.3) is 0 Å². The molecule has 0 saturated heterocycles. The monoisotopic (exact) mass is 252 g/mol. The second kappa shape index (κ2) is 5.52. The Morgan fingerprint density at radius 2 is 2.28 bits per heavy atom. The van der Waals surface area contributed by atoms with E-state index in [9.17, 15) is 4.79 Å². The van der Waals surface area contributed by atoms with Crippen molar-refractivity contribution >= 4 is 5.97 Å². The zero-order valence-electron chi connectivity index (χ0n) is 10.9. The number of aliphatic carboxylic acids is 1. The molecule has 2 unspecified atom stereocenters. The van der Waals surface area contributed by atoms with E-state index in [1.807, 2.05) is 13.8 Å². The van der Waals surface area contributed by atoms with E-state index < -0.39 is 5.97 Å². The van der Waals surface area contributed by atoms with Crippen molar-refractivity contribution in [1.82, 2.24) is 10.5 Å². The molecule has 0 spiro atoms. The first-order valence-electron chi connectivity index (χ1n) is 6.46. The Morgan fingerprint density at radius 3 is 2.89 bits per heavy atom. The van der Waals surface area contributed by atoms with Gasteiger partial charge in [0.15, 0.2) is 0 Å². The number of aromatic nitrogens is 1. The van der Waals surface area contributed by atoms with Crippen LogP contribution in [0.5, 0.6) is 0 Å². The number of aryl methyl sites for hydroxylation is 2. The Bertz CT molecular complexity index is 408. The molecule has 100 valence electrons. The molecule has 0 bridgehead atoms. The fraction of sp³-hybridized carbons (Fsp3) is 0.692. The van der Waals surface area contributed by atoms with Crippen molar-refractivity contribution in [2.24, 2.45) is 5.92 Å². The molecule has 0 aliphatic heterocycles. The molecule has 2 atom stereocenters. The first kappa shape index (κ1) is 13.1. The Morgan fingerprint density at radius 1 is 1.50 bits per heavy atom. The van der Waals surface area contributed by atoms with Crippen LogP contribution in [0, 0.1) is 19.8 Å². The number of nitrogens with zero attached hydrogens (tertiary/aromatic N) is 1. The minimum Gasteiger partial charge on any atom is -0.481 e. The van der Waals surface area contributed by atoms with Crippen LogP contribution in [-0.4, -0.2) is 22.3 Å². The summed E-state index contributed by atoms with van der Waals surface area (Å²) in [5, 5.41) is 16.4. The minimum atomic E-state index is -0.668. The molecule has 1 aromatic heterocycles. The van der Waals surface area contributed by atoms with E-state index >= 15 is 0 Å². The van der Waals surface area contributed by atoms with E-state index in [0.717, 1.165) is 42.7 Å². The maximum Gasteiger partial charge on any atom is 0.306 e. The van der Waals surface area contributed by atoms with Gasteiger partial charge in [-0.1, -0.05) is 11.6 Å². The normalized spacial score (nSPS) is 24.1. The summed E-state index contributed by atoms with van der Waals surface area (Å²) in [6.07, 6.45) is 3.56. The highest BCUT2D eigenvalue weighted by atomic mass is 16.5. The highest BCUT2D eigenvalue weighted by Gasteiger charge is 2.26. The number of carbonyl (C=O) groups is 1. The number of hydrogen-bond donors (Lipinski definition) is 2. The molecular formula is C13H20N2O3. The second-order valence-electron chi connectivity index (χ2n) is 5.08. The molecule has 1 aliphatic rings. The molecule has 2 N–H and O–H groups in total. The molecule has 1 heterocycles. The lowest BCUT2D eigenvalue weighted by atomic mass is 9.85. The lowest BCUT2D eigenvalue weighted by Crippen LogP contribution is -2.36. The third-order valence-electron chi connectivity index (χ3n) is 3.77. The molecule has 0 amide bonds. The summed E-state index contributed by atoms with van der Waals surface area (Å²) in [7, 11) is 0. The largest absolute Gasteiger partial charge is 0.481 e. The van der Waals surface area contributed by atoms with Gasteiger partial charge in [-0.05, 0) is 33.1 Å². The van der Waals surface area contributed by atoms with Crippen molar-refractivity contribution in [3.05, 3.63) is 17.0 Å². The maximum atomic E-state index is 11.0. The first-order chi connectivity index (χ1) is 8.58. The highest BCUT2D eigenvalue weighted by molar-refractivity contribution is 5.70. The molecule has 2 rings (SSSR count). The lowest BCUT2D eigenvalue weighted by Gasteiger charge is -2.27. The van der Waals surface area contributed by atoms with Gasteiger partial charge in [-0.2, -0.15) is 0 Å². The van der Waals surface area contributed by atoms with E-state index in [0.29, 0.717) is 6.54 Å². The summed E-state index contributed by atoms with van der Waals surface area (Å²) in [5.74, 6) is -0.0228. The van der Waals surface area contributed by atoms with E-state index in [-0.39, 0.29) is 12.0 Å². The van der Waals surface area contributed by atoms with Crippen molar-refractivity contribution in [2.75, 3.05) is 0 Å². The summed E-state index contributed by atoms with van der Waals surface area (Å²) in [4.78, 5) is 11.0. The fourth-order valence-electron chi connectivity index (χ4n) is 2.60. The van der Waals surface area contributed by atoms with E-state index in [2.05, 4.69) is 10.5 Å². The standard InChI is InChI=1S/C13H20N2O3/c1-8-12(9(2)18-15-8)7-14-11-5-3-4-10(6-11)13(16)17/h10-11,14H,3-7H2,1-2H3,(H,16,17). The number of hydrogen-bond acceptors (Lipinski definition) is 4. The molecule has 1 saturated carbocycles. The lowest BCUT2D eigenvalue weighted by molar-refractivity contribution is -0.143. The summed E-state index contributed by atoms with van der Waals surface area (Å²) >= 11 is 0. The van der Waals surface area contributed by atoms with Crippen molar-refractivity contribution in [3.63, 3.8) is 0 Å². The van der Waals surface area contributed by atoms with E-state index in [1.165, 1.54) is 0 Å². The SMILES string of the molecule is Cc1noc(C)c1CNC1CCCC(C(=O)O)C1. The van der Waals surface area contributed by atoms with Gasteiger partial charge in [-0.3, -0.25) is 4.79 Å². The zero-order valence-corrected chi connectivity index (χ0v) is 10.9. The van der Waals surface area contributed by atoms with Gasteiger partial charge in [0.05, 0.1) is 11.6 Å². The molecule has 1 aromatic rings.